The number of amides is 1. The highest BCUT2D eigenvalue weighted by molar-refractivity contribution is 5.84. The highest BCUT2D eigenvalue weighted by Crippen LogP contribution is 2.27. The molecule has 1 atom stereocenters. The maximum Gasteiger partial charge on any atom is 0.449 e. The van der Waals surface area contributed by atoms with Gasteiger partial charge in [-0.3, -0.25) is 4.79 Å². The van der Waals surface area contributed by atoms with Gasteiger partial charge in [-0.15, -0.1) is 0 Å². The van der Waals surface area contributed by atoms with Crippen LogP contribution in [0.15, 0.2) is 0 Å². The minimum Gasteiger partial charge on any atom is -0.444 e. The molecule has 0 bridgehead atoms. The smallest absolute Gasteiger partial charge is 0.444 e. The fourth-order valence-electron chi connectivity index (χ4n) is 1.74. The van der Waals surface area contributed by atoms with Crippen molar-refractivity contribution in [3.63, 3.8) is 0 Å². The Balaban J connectivity index is 2.41. The van der Waals surface area contributed by atoms with Crippen LogP contribution in [0.3, 0.4) is 0 Å². The number of alkyl halides is 3. The van der Waals surface area contributed by atoms with Crippen molar-refractivity contribution in [1.29, 1.82) is 0 Å². The van der Waals surface area contributed by atoms with Crippen molar-refractivity contribution >= 4 is 11.9 Å². The maximum atomic E-state index is 12.0. The molecular formula is C12H18F3NO3. The Hall–Kier alpha value is -1.27. The third-order valence-electron chi connectivity index (χ3n) is 2.79. The summed E-state index contributed by atoms with van der Waals surface area (Å²) in [6, 6.07) is -0.332. The predicted molar refractivity (Wildman–Crippen MR) is 61.6 cm³/mol. The number of carbonyl (C=O) groups excluding carboxylic acids is 2. The summed E-state index contributed by atoms with van der Waals surface area (Å²) in [5, 5.41) is 0. The van der Waals surface area contributed by atoms with Crippen molar-refractivity contribution in [3.05, 3.63) is 0 Å². The van der Waals surface area contributed by atoms with E-state index >= 15 is 0 Å². The number of hydrogen-bond acceptors (Lipinski definition) is 3. The molecule has 7 heteroatoms. The summed E-state index contributed by atoms with van der Waals surface area (Å²) in [6.45, 7) is 5.60. The van der Waals surface area contributed by atoms with Crippen LogP contribution in [-0.4, -0.2) is 41.1 Å². The van der Waals surface area contributed by atoms with Crippen LogP contribution in [-0.2, 0) is 9.53 Å². The van der Waals surface area contributed by atoms with Crippen molar-refractivity contribution in [3.8, 4) is 0 Å². The molecule has 0 aliphatic carbocycles. The zero-order valence-electron chi connectivity index (χ0n) is 11.2. The second-order valence-corrected chi connectivity index (χ2v) is 5.58. The van der Waals surface area contributed by atoms with Crippen molar-refractivity contribution in [2.24, 2.45) is 0 Å². The number of halogens is 3. The lowest BCUT2D eigenvalue weighted by molar-refractivity contribution is -0.171. The Labute approximate surface area is 109 Å². The van der Waals surface area contributed by atoms with Gasteiger partial charge in [0.25, 0.3) is 0 Å². The zero-order valence-corrected chi connectivity index (χ0v) is 11.2. The second-order valence-electron chi connectivity index (χ2n) is 5.58. The average molecular weight is 281 g/mol. The van der Waals surface area contributed by atoms with Gasteiger partial charge in [-0.25, -0.2) is 4.79 Å². The van der Waals surface area contributed by atoms with Gasteiger partial charge in [-0.2, -0.15) is 13.2 Å². The van der Waals surface area contributed by atoms with Crippen LogP contribution in [0.5, 0.6) is 0 Å². The normalized spacial score (nSPS) is 19.9. The third-order valence-corrected chi connectivity index (χ3v) is 2.79. The molecule has 0 unspecified atom stereocenters. The van der Waals surface area contributed by atoms with Crippen LogP contribution in [0.1, 0.15) is 40.0 Å². The summed E-state index contributed by atoms with van der Waals surface area (Å²) in [4.78, 5) is 23.8. The molecule has 1 amide bonds. The Morgan fingerprint density at radius 1 is 1.26 bits per heavy atom. The standard InChI is InChI=1S/C12H18F3NO3/c1-11(2,3)19-10(18)16-7-6-8(16)4-5-9(17)12(13,14)15/h8H,4-7H2,1-3H3/t8-/m1/s1. The summed E-state index contributed by atoms with van der Waals surface area (Å²) in [7, 11) is 0. The number of nitrogens with zero attached hydrogens (tertiary/aromatic N) is 1. The largest absolute Gasteiger partial charge is 0.449 e. The highest BCUT2D eigenvalue weighted by atomic mass is 19.4. The van der Waals surface area contributed by atoms with Crippen molar-refractivity contribution in [2.45, 2.75) is 57.9 Å². The van der Waals surface area contributed by atoms with Crippen molar-refractivity contribution < 1.29 is 27.5 Å². The lowest BCUT2D eigenvalue weighted by atomic mass is 9.97. The Kier molecular flexibility index (Phi) is 4.47. The quantitative estimate of drug-likeness (QED) is 0.799. The summed E-state index contributed by atoms with van der Waals surface area (Å²) < 4.78 is 41.3. The van der Waals surface area contributed by atoms with E-state index in [1.165, 1.54) is 4.90 Å². The Bertz CT molecular complexity index is 360. The fourth-order valence-corrected chi connectivity index (χ4v) is 1.74. The van der Waals surface area contributed by atoms with Crippen LogP contribution in [0.4, 0.5) is 18.0 Å². The van der Waals surface area contributed by atoms with E-state index in [-0.39, 0.29) is 12.5 Å². The second kappa shape index (κ2) is 5.38. The summed E-state index contributed by atoms with van der Waals surface area (Å²) in [6.07, 6.45) is -5.29. The van der Waals surface area contributed by atoms with E-state index in [1.54, 1.807) is 20.8 Å². The van der Waals surface area contributed by atoms with E-state index in [4.69, 9.17) is 4.74 Å². The molecule has 0 aromatic carbocycles. The van der Waals surface area contributed by atoms with Gasteiger partial charge in [0, 0.05) is 19.0 Å². The van der Waals surface area contributed by atoms with Gasteiger partial charge in [-0.1, -0.05) is 0 Å². The molecule has 0 radical (unpaired) electrons. The number of Topliss-reactive ketones (excluding diaryl/α,β-unsaturated/α-hetero) is 1. The van der Waals surface area contributed by atoms with E-state index < -0.39 is 30.1 Å². The molecule has 1 heterocycles. The predicted octanol–water partition coefficient (Wildman–Crippen LogP) is 2.91. The third kappa shape index (κ3) is 4.72. The van der Waals surface area contributed by atoms with Crippen molar-refractivity contribution in [2.75, 3.05) is 6.54 Å². The molecule has 0 spiro atoms. The molecule has 0 N–H and O–H groups in total. The number of hydrogen-bond donors (Lipinski definition) is 0. The van der Waals surface area contributed by atoms with Gasteiger partial charge >= 0.3 is 12.3 Å². The molecular weight excluding hydrogens is 263 g/mol. The van der Waals surface area contributed by atoms with Crippen LogP contribution in [0.2, 0.25) is 0 Å². The lowest BCUT2D eigenvalue weighted by Gasteiger charge is -2.41. The maximum absolute atomic E-state index is 12.0. The van der Waals surface area contributed by atoms with Gasteiger partial charge < -0.3 is 9.64 Å². The molecule has 0 aromatic rings. The highest BCUT2D eigenvalue weighted by Gasteiger charge is 2.40. The molecule has 0 aromatic heterocycles. The zero-order chi connectivity index (χ0) is 14.8. The summed E-state index contributed by atoms with van der Waals surface area (Å²) in [5.74, 6) is -1.75. The number of rotatable bonds is 3. The lowest BCUT2D eigenvalue weighted by Crippen LogP contribution is -2.52. The molecule has 19 heavy (non-hydrogen) atoms. The number of likely N-dealkylation sites (tertiary alicyclic amines) is 1. The Morgan fingerprint density at radius 2 is 1.84 bits per heavy atom. The SMILES string of the molecule is CC(C)(C)OC(=O)N1CC[C@H]1CCC(=O)C(F)(F)F. The molecule has 1 aliphatic rings. The number of carbonyl (C=O) groups is 2. The fraction of sp³-hybridized carbons (Fsp3) is 0.833. The first-order valence-corrected chi connectivity index (χ1v) is 6.10. The minimum atomic E-state index is -4.79. The molecule has 110 valence electrons. The minimum absolute atomic E-state index is 0.0254. The summed E-state index contributed by atoms with van der Waals surface area (Å²) in [5.41, 5.74) is -0.640. The van der Waals surface area contributed by atoms with Gasteiger partial charge in [0.15, 0.2) is 0 Å². The van der Waals surface area contributed by atoms with E-state index in [0.29, 0.717) is 13.0 Å². The van der Waals surface area contributed by atoms with Crippen LogP contribution in [0.25, 0.3) is 0 Å². The monoisotopic (exact) mass is 281 g/mol. The van der Waals surface area contributed by atoms with Gasteiger partial charge in [-0.05, 0) is 33.6 Å². The number of ketones is 1. The first-order valence-electron chi connectivity index (χ1n) is 6.10. The summed E-state index contributed by atoms with van der Waals surface area (Å²) >= 11 is 0. The van der Waals surface area contributed by atoms with E-state index in [1.807, 2.05) is 0 Å². The molecule has 4 nitrogen and oxygen atoms in total. The average Bonchev–Trinajstić information content (AvgIpc) is 2.10. The molecule has 1 fully saturated rings. The van der Waals surface area contributed by atoms with Gasteiger partial charge in [0.1, 0.15) is 5.60 Å². The van der Waals surface area contributed by atoms with Gasteiger partial charge in [0.05, 0.1) is 0 Å². The molecule has 1 saturated heterocycles. The van der Waals surface area contributed by atoms with E-state index in [9.17, 15) is 22.8 Å². The topological polar surface area (TPSA) is 46.6 Å². The number of ether oxygens (including phenoxy) is 1. The van der Waals surface area contributed by atoms with Gasteiger partial charge in [0.2, 0.25) is 5.78 Å². The first kappa shape index (κ1) is 15.8. The van der Waals surface area contributed by atoms with Crippen LogP contribution in [0, 0.1) is 0 Å². The Morgan fingerprint density at radius 3 is 2.21 bits per heavy atom. The van der Waals surface area contributed by atoms with E-state index in [0.717, 1.165) is 0 Å². The molecule has 0 saturated carbocycles. The first-order chi connectivity index (χ1) is 8.50. The van der Waals surface area contributed by atoms with Crippen molar-refractivity contribution in [1.82, 2.24) is 4.90 Å². The van der Waals surface area contributed by atoms with E-state index in [2.05, 4.69) is 0 Å². The molecule has 1 aliphatic heterocycles. The molecule has 1 rings (SSSR count). The van der Waals surface area contributed by atoms with Crippen LogP contribution >= 0.6 is 0 Å². The van der Waals surface area contributed by atoms with Crippen LogP contribution < -0.4 is 0 Å².